The zero-order chi connectivity index (χ0) is 14.2. The van der Waals surface area contributed by atoms with Crippen LogP contribution < -0.4 is 11.5 Å². The van der Waals surface area contributed by atoms with Crippen molar-refractivity contribution in [1.29, 1.82) is 0 Å². The van der Waals surface area contributed by atoms with Gasteiger partial charge in [-0.2, -0.15) is 5.10 Å². The molecule has 2 atom stereocenters. The summed E-state index contributed by atoms with van der Waals surface area (Å²) in [5, 5.41) is 4.28. The molecule has 1 aliphatic carbocycles. The second-order valence-corrected chi connectivity index (χ2v) is 6.82. The van der Waals surface area contributed by atoms with E-state index in [1.54, 1.807) is 0 Å². The molecule has 20 heavy (non-hydrogen) atoms. The first kappa shape index (κ1) is 14.0. The Morgan fingerprint density at radius 3 is 2.70 bits per heavy atom. The Hall–Kier alpha value is -0.910. The third kappa shape index (κ3) is 2.62. The lowest BCUT2D eigenvalue weighted by atomic mass is 9.86. The lowest BCUT2D eigenvalue weighted by molar-refractivity contribution is 0.181. The van der Waals surface area contributed by atoms with Crippen LogP contribution in [0.25, 0.3) is 0 Å². The van der Waals surface area contributed by atoms with E-state index in [1.807, 2.05) is 17.9 Å². The van der Waals surface area contributed by atoms with Gasteiger partial charge < -0.3 is 16.4 Å². The number of rotatable bonds is 4. The van der Waals surface area contributed by atoms with Crippen molar-refractivity contribution in [2.24, 2.45) is 23.9 Å². The summed E-state index contributed by atoms with van der Waals surface area (Å²) >= 11 is 0. The average molecular weight is 277 g/mol. The highest BCUT2D eigenvalue weighted by molar-refractivity contribution is 5.17. The van der Waals surface area contributed by atoms with E-state index < -0.39 is 0 Å². The van der Waals surface area contributed by atoms with Crippen molar-refractivity contribution in [2.45, 2.75) is 37.6 Å². The van der Waals surface area contributed by atoms with Crippen molar-refractivity contribution in [3.63, 3.8) is 0 Å². The van der Waals surface area contributed by atoms with Crippen molar-refractivity contribution in [1.82, 2.24) is 14.7 Å². The third-order valence-electron chi connectivity index (χ3n) is 5.25. The van der Waals surface area contributed by atoms with E-state index in [0.717, 1.165) is 26.2 Å². The molecule has 5 heteroatoms. The van der Waals surface area contributed by atoms with Gasteiger partial charge in [0.25, 0.3) is 0 Å². The molecule has 0 unspecified atom stereocenters. The first-order chi connectivity index (χ1) is 9.62. The summed E-state index contributed by atoms with van der Waals surface area (Å²) in [6.45, 7) is 3.97. The number of aromatic nitrogens is 2. The number of nitrogens with two attached hydrogens (primary N) is 2. The SMILES string of the molecule is Cn1cc([C@@H]2CN(CC3(CN)CCCC3)C[C@H]2N)cn1. The molecule has 1 aromatic rings. The highest BCUT2D eigenvalue weighted by Gasteiger charge is 2.39. The molecule has 2 fully saturated rings. The fourth-order valence-corrected chi connectivity index (χ4v) is 4.05. The van der Waals surface area contributed by atoms with Crippen LogP contribution in [0, 0.1) is 5.41 Å². The van der Waals surface area contributed by atoms with E-state index in [-0.39, 0.29) is 6.04 Å². The van der Waals surface area contributed by atoms with Crippen LogP contribution in [0.3, 0.4) is 0 Å². The molecule has 1 aliphatic heterocycles. The predicted molar refractivity (Wildman–Crippen MR) is 80.3 cm³/mol. The van der Waals surface area contributed by atoms with E-state index in [4.69, 9.17) is 11.5 Å². The molecule has 3 rings (SSSR count). The Bertz CT molecular complexity index is 449. The van der Waals surface area contributed by atoms with Crippen molar-refractivity contribution in [3.05, 3.63) is 18.0 Å². The number of aryl methyl sites for hydroxylation is 1. The average Bonchev–Trinajstić information content (AvgIpc) is 3.12. The smallest absolute Gasteiger partial charge is 0.0525 e. The molecule has 0 spiro atoms. The van der Waals surface area contributed by atoms with Crippen molar-refractivity contribution < 1.29 is 0 Å². The molecule has 2 heterocycles. The van der Waals surface area contributed by atoms with Gasteiger partial charge in [-0.15, -0.1) is 0 Å². The summed E-state index contributed by atoms with van der Waals surface area (Å²) in [4.78, 5) is 2.53. The Balaban J connectivity index is 1.66. The first-order valence-corrected chi connectivity index (χ1v) is 7.78. The molecular weight excluding hydrogens is 250 g/mol. The van der Waals surface area contributed by atoms with Gasteiger partial charge in [0.05, 0.1) is 6.20 Å². The van der Waals surface area contributed by atoms with E-state index >= 15 is 0 Å². The van der Waals surface area contributed by atoms with Gasteiger partial charge in [0.15, 0.2) is 0 Å². The van der Waals surface area contributed by atoms with Gasteiger partial charge in [-0.25, -0.2) is 0 Å². The topological polar surface area (TPSA) is 73.1 Å². The van der Waals surface area contributed by atoms with Crippen LogP contribution in [-0.4, -0.2) is 46.9 Å². The van der Waals surface area contributed by atoms with Gasteiger partial charge in [0, 0.05) is 44.8 Å². The molecule has 0 bridgehead atoms. The normalized spacial score (nSPS) is 30.1. The summed E-state index contributed by atoms with van der Waals surface area (Å²) in [6.07, 6.45) is 9.30. The van der Waals surface area contributed by atoms with Gasteiger partial charge in [0.1, 0.15) is 0 Å². The van der Waals surface area contributed by atoms with Gasteiger partial charge in [-0.1, -0.05) is 12.8 Å². The molecule has 112 valence electrons. The number of likely N-dealkylation sites (tertiary alicyclic amines) is 1. The maximum absolute atomic E-state index is 6.36. The van der Waals surface area contributed by atoms with E-state index in [0.29, 0.717) is 11.3 Å². The van der Waals surface area contributed by atoms with Crippen LogP contribution in [0.2, 0.25) is 0 Å². The Labute approximate surface area is 121 Å². The van der Waals surface area contributed by atoms with Crippen molar-refractivity contribution in [2.75, 3.05) is 26.2 Å². The van der Waals surface area contributed by atoms with Gasteiger partial charge in [-0.05, 0) is 30.4 Å². The summed E-state index contributed by atoms with van der Waals surface area (Å²) in [5.74, 6) is 0.417. The van der Waals surface area contributed by atoms with E-state index in [2.05, 4.69) is 16.2 Å². The zero-order valence-electron chi connectivity index (χ0n) is 12.5. The first-order valence-electron chi connectivity index (χ1n) is 7.78. The number of hydrogen-bond acceptors (Lipinski definition) is 4. The van der Waals surface area contributed by atoms with Crippen molar-refractivity contribution in [3.8, 4) is 0 Å². The molecule has 4 N–H and O–H groups in total. The van der Waals surface area contributed by atoms with Crippen LogP contribution in [0.4, 0.5) is 0 Å². The lowest BCUT2D eigenvalue weighted by Crippen LogP contribution is -2.40. The second kappa shape index (κ2) is 5.47. The maximum Gasteiger partial charge on any atom is 0.0525 e. The van der Waals surface area contributed by atoms with Crippen molar-refractivity contribution >= 4 is 0 Å². The third-order valence-corrected chi connectivity index (χ3v) is 5.25. The van der Waals surface area contributed by atoms with Crippen LogP contribution in [0.1, 0.15) is 37.2 Å². The summed E-state index contributed by atoms with van der Waals surface area (Å²) < 4.78 is 1.86. The summed E-state index contributed by atoms with van der Waals surface area (Å²) in [7, 11) is 1.96. The molecule has 1 aromatic heterocycles. The minimum atomic E-state index is 0.218. The molecule has 1 saturated carbocycles. The standard InChI is InChI=1S/C15H27N5/c1-19-7-12(6-18-19)13-8-20(9-14(13)17)11-15(10-16)4-2-3-5-15/h6-7,13-14H,2-5,8-11,16-17H2,1H3/t13-,14+/m0/s1. The fraction of sp³-hybridized carbons (Fsp3) is 0.800. The van der Waals surface area contributed by atoms with Gasteiger partial charge in [-0.3, -0.25) is 4.68 Å². The monoisotopic (exact) mass is 277 g/mol. The van der Waals surface area contributed by atoms with Gasteiger partial charge >= 0.3 is 0 Å². The minimum Gasteiger partial charge on any atom is -0.330 e. The Kier molecular flexibility index (Phi) is 3.84. The molecule has 2 aliphatic rings. The van der Waals surface area contributed by atoms with E-state index in [1.165, 1.54) is 31.2 Å². The molecule has 0 radical (unpaired) electrons. The highest BCUT2D eigenvalue weighted by Crippen LogP contribution is 2.39. The Morgan fingerprint density at radius 2 is 2.10 bits per heavy atom. The van der Waals surface area contributed by atoms with Gasteiger partial charge in [0.2, 0.25) is 0 Å². The number of hydrogen-bond donors (Lipinski definition) is 2. The zero-order valence-corrected chi connectivity index (χ0v) is 12.5. The lowest BCUT2D eigenvalue weighted by Gasteiger charge is -2.32. The molecule has 5 nitrogen and oxygen atoms in total. The molecule has 1 saturated heterocycles. The molecule has 0 amide bonds. The summed E-state index contributed by atoms with van der Waals surface area (Å²) in [5.41, 5.74) is 14.0. The van der Waals surface area contributed by atoms with Crippen LogP contribution in [0.15, 0.2) is 12.4 Å². The largest absolute Gasteiger partial charge is 0.330 e. The highest BCUT2D eigenvalue weighted by atomic mass is 15.2. The van der Waals surface area contributed by atoms with Crippen LogP contribution in [-0.2, 0) is 7.05 Å². The summed E-state index contributed by atoms with van der Waals surface area (Å²) in [6, 6.07) is 0.218. The quantitative estimate of drug-likeness (QED) is 0.848. The molecule has 0 aromatic carbocycles. The van der Waals surface area contributed by atoms with Crippen LogP contribution in [0.5, 0.6) is 0 Å². The fourth-order valence-electron chi connectivity index (χ4n) is 4.05. The maximum atomic E-state index is 6.36. The number of nitrogens with zero attached hydrogens (tertiary/aromatic N) is 3. The second-order valence-electron chi connectivity index (χ2n) is 6.82. The van der Waals surface area contributed by atoms with Crippen LogP contribution >= 0.6 is 0 Å². The minimum absolute atomic E-state index is 0.218. The predicted octanol–water partition coefficient (Wildman–Crippen LogP) is 0.666. The van der Waals surface area contributed by atoms with E-state index in [9.17, 15) is 0 Å². The molecular formula is C15H27N5. The Morgan fingerprint density at radius 1 is 1.35 bits per heavy atom.